The number of nitrogens with zero attached hydrogens (tertiary/aromatic N) is 2. The Morgan fingerprint density at radius 1 is 1.04 bits per heavy atom. The average molecular weight is 386 g/mol. The largest absolute Gasteiger partial charge is 0.317 e. The van der Waals surface area contributed by atoms with Crippen molar-refractivity contribution in [3.05, 3.63) is 29.3 Å². The predicted molar refractivity (Wildman–Crippen MR) is 107 cm³/mol. The van der Waals surface area contributed by atoms with Gasteiger partial charge in [-0.3, -0.25) is 14.6 Å². The standard InChI is InChI=1S/C19H27N3O.2ClH/c1-14-11-15(2)13-16(12-14)22-17-5-3-4-10-21(17)19(18(22)23)6-8-20-9-7-19;;/h11-13,17,20H,3-10H2,1-2H3;2*1H. The topological polar surface area (TPSA) is 35.6 Å². The Hall–Kier alpha value is -0.810. The molecule has 6 heteroatoms. The molecule has 0 bridgehead atoms. The van der Waals surface area contributed by atoms with Gasteiger partial charge in [0.05, 0.1) is 6.17 Å². The summed E-state index contributed by atoms with van der Waals surface area (Å²) in [5.74, 6) is 0.343. The van der Waals surface area contributed by atoms with Crippen molar-refractivity contribution >= 4 is 36.4 Å². The van der Waals surface area contributed by atoms with Gasteiger partial charge in [0, 0.05) is 12.2 Å². The second-order valence-corrected chi connectivity index (χ2v) is 7.47. The maximum atomic E-state index is 13.5. The smallest absolute Gasteiger partial charge is 0.248 e. The molecule has 1 atom stereocenters. The zero-order valence-electron chi connectivity index (χ0n) is 15.1. The van der Waals surface area contributed by atoms with E-state index in [4.69, 9.17) is 0 Å². The second-order valence-electron chi connectivity index (χ2n) is 7.47. The first-order chi connectivity index (χ1) is 11.1. The SMILES string of the molecule is Cc1cc(C)cc(N2C(=O)C3(CCNCC3)N3CCCCC23)c1.Cl.Cl. The van der Waals surface area contributed by atoms with Crippen LogP contribution in [0, 0.1) is 13.8 Å². The molecule has 0 aromatic heterocycles. The van der Waals surface area contributed by atoms with E-state index in [0.29, 0.717) is 5.91 Å². The molecule has 3 aliphatic rings. The molecule has 3 heterocycles. The van der Waals surface area contributed by atoms with E-state index >= 15 is 0 Å². The highest BCUT2D eigenvalue weighted by atomic mass is 35.5. The summed E-state index contributed by atoms with van der Waals surface area (Å²) in [5.41, 5.74) is 3.32. The lowest BCUT2D eigenvalue weighted by Crippen LogP contribution is -2.57. The van der Waals surface area contributed by atoms with Crippen LogP contribution in [0.1, 0.15) is 43.2 Å². The number of hydrogen-bond acceptors (Lipinski definition) is 3. The van der Waals surface area contributed by atoms with Crippen LogP contribution >= 0.6 is 24.8 Å². The van der Waals surface area contributed by atoms with Crippen LogP contribution in [0.2, 0.25) is 0 Å². The van der Waals surface area contributed by atoms with E-state index < -0.39 is 0 Å². The third kappa shape index (κ3) is 3.30. The number of rotatable bonds is 1. The van der Waals surface area contributed by atoms with Crippen molar-refractivity contribution in [1.29, 1.82) is 0 Å². The Kier molecular flexibility index (Phi) is 6.42. The van der Waals surface area contributed by atoms with Crippen LogP contribution in [-0.4, -0.2) is 42.1 Å². The zero-order valence-corrected chi connectivity index (χ0v) is 16.7. The Bertz CT molecular complexity index is 611. The van der Waals surface area contributed by atoms with Gasteiger partial charge in [-0.2, -0.15) is 0 Å². The molecule has 1 amide bonds. The zero-order chi connectivity index (χ0) is 16.0. The number of nitrogens with one attached hydrogen (secondary N) is 1. The number of carbonyl (C=O) groups is 1. The van der Waals surface area contributed by atoms with Gasteiger partial charge >= 0.3 is 0 Å². The first kappa shape index (κ1) is 20.5. The van der Waals surface area contributed by atoms with E-state index in [2.05, 4.69) is 47.2 Å². The third-order valence-electron chi connectivity index (χ3n) is 5.85. The van der Waals surface area contributed by atoms with Gasteiger partial charge in [0.15, 0.2) is 0 Å². The highest BCUT2D eigenvalue weighted by Gasteiger charge is 2.57. The molecule has 1 unspecified atom stereocenters. The van der Waals surface area contributed by atoms with E-state index in [1.807, 2.05) is 0 Å². The van der Waals surface area contributed by atoms with E-state index in [1.165, 1.54) is 24.0 Å². The molecule has 4 rings (SSSR count). The fraction of sp³-hybridized carbons (Fsp3) is 0.632. The summed E-state index contributed by atoms with van der Waals surface area (Å²) in [4.78, 5) is 18.2. The van der Waals surface area contributed by atoms with Gasteiger partial charge in [-0.25, -0.2) is 0 Å². The first-order valence-corrected chi connectivity index (χ1v) is 9.01. The summed E-state index contributed by atoms with van der Waals surface area (Å²) in [6.07, 6.45) is 5.71. The molecule has 3 fully saturated rings. The number of benzene rings is 1. The minimum atomic E-state index is -0.256. The van der Waals surface area contributed by atoms with Crippen molar-refractivity contribution in [3.8, 4) is 0 Å². The molecule has 1 spiro atoms. The van der Waals surface area contributed by atoms with Crippen LogP contribution < -0.4 is 10.2 Å². The number of anilines is 1. The number of hydrogen-bond donors (Lipinski definition) is 1. The van der Waals surface area contributed by atoms with E-state index in [9.17, 15) is 4.79 Å². The number of carbonyl (C=O) groups excluding carboxylic acids is 1. The Balaban J connectivity index is 0.00000113. The van der Waals surface area contributed by atoms with Crippen LogP contribution in [0.15, 0.2) is 18.2 Å². The molecule has 0 saturated carbocycles. The van der Waals surface area contributed by atoms with Crippen LogP contribution in [0.3, 0.4) is 0 Å². The van der Waals surface area contributed by atoms with Gasteiger partial charge < -0.3 is 5.32 Å². The highest BCUT2D eigenvalue weighted by molar-refractivity contribution is 6.03. The number of aryl methyl sites for hydroxylation is 2. The lowest BCUT2D eigenvalue weighted by molar-refractivity contribution is -0.126. The van der Waals surface area contributed by atoms with Crippen LogP contribution in [0.25, 0.3) is 0 Å². The van der Waals surface area contributed by atoms with Gasteiger partial charge in [0.1, 0.15) is 5.54 Å². The summed E-state index contributed by atoms with van der Waals surface area (Å²) in [6.45, 7) is 7.22. The van der Waals surface area contributed by atoms with Crippen LogP contribution in [-0.2, 0) is 4.79 Å². The molecule has 0 radical (unpaired) electrons. The van der Waals surface area contributed by atoms with Gasteiger partial charge in [0.25, 0.3) is 0 Å². The summed E-state index contributed by atoms with van der Waals surface area (Å²) in [6, 6.07) is 6.54. The average Bonchev–Trinajstić information content (AvgIpc) is 2.77. The van der Waals surface area contributed by atoms with Gasteiger partial charge in [0.2, 0.25) is 5.91 Å². The van der Waals surface area contributed by atoms with E-state index in [1.54, 1.807) is 0 Å². The van der Waals surface area contributed by atoms with Crippen LogP contribution in [0.5, 0.6) is 0 Å². The molecule has 0 aliphatic carbocycles. The van der Waals surface area contributed by atoms with Crippen molar-refractivity contribution in [2.75, 3.05) is 24.5 Å². The molecule has 3 saturated heterocycles. The Labute approximate surface area is 163 Å². The normalized spacial score (nSPS) is 25.3. The molecule has 4 nitrogen and oxygen atoms in total. The fourth-order valence-corrected chi connectivity index (χ4v) is 4.88. The number of amides is 1. The lowest BCUT2D eigenvalue weighted by Gasteiger charge is -2.42. The first-order valence-electron chi connectivity index (χ1n) is 9.01. The molecule has 1 N–H and O–H groups in total. The highest BCUT2D eigenvalue weighted by Crippen LogP contribution is 2.44. The van der Waals surface area contributed by atoms with E-state index in [0.717, 1.165) is 44.6 Å². The van der Waals surface area contributed by atoms with E-state index in [-0.39, 0.29) is 36.5 Å². The van der Waals surface area contributed by atoms with Crippen molar-refractivity contribution < 1.29 is 4.79 Å². The fourth-order valence-electron chi connectivity index (χ4n) is 4.88. The Morgan fingerprint density at radius 3 is 2.32 bits per heavy atom. The van der Waals surface area contributed by atoms with Crippen molar-refractivity contribution in [1.82, 2.24) is 10.2 Å². The minimum absolute atomic E-state index is 0. The van der Waals surface area contributed by atoms with Gasteiger partial charge in [-0.1, -0.05) is 6.07 Å². The molecule has 25 heavy (non-hydrogen) atoms. The van der Waals surface area contributed by atoms with Crippen molar-refractivity contribution in [2.45, 2.75) is 57.7 Å². The Morgan fingerprint density at radius 2 is 1.68 bits per heavy atom. The number of fused-ring (bicyclic) bond motifs is 2. The molecule has 3 aliphatic heterocycles. The van der Waals surface area contributed by atoms with Gasteiger partial charge in [-0.15, -0.1) is 24.8 Å². The van der Waals surface area contributed by atoms with Gasteiger partial charge in [-0.05, 0) is 82.3 Å². The predicted octanol–water partition coefficient (Wildman–Crippen LogP) is 3.43. The second kappa shape index (κ2) is 7.83. The monoisotopic (exact) mass is 385 g/mol. The molecule has 1 aromatic carbocycles. The molecule has 140 valence electrons. The summed E-state index contributed by atoms with van der Waals surface area (Å²) in [5, 5.41) is 3.43. The summed E-state index contributed by atoms with van der Waals surface area (Å²) >= 11 is 0. The molecular weight excluding hydrogens is 357 g/mol. The third-order valence-corrected chi connectivity index (χ3v) is 5.85. The minimum Gasteiger partial charge on any atom is -0.317 e. The maximum Gasteiger partial charge on any atom is 0.248 e. The maximum absolute atomic E-state index is 13.5. The summed E-state index contributed by atoms with van der Waals surface area (Å²) in [7, 11) is 0. The van der Waals surface area contributed by atoms with Crippen molar-refractivity contribution in [3.63, 3.8) is 0 Å². The number of piperidine rings is 2. The number of halogens is 2. The molecule has 1 aromatic rings. The lowest BCUT2D eigenvalue weighted by atomic mass is 9.85. The van der Waals surface area contributed by atoms with Crippen LogP contribution in [0.4, 0.5) is 5.69 Å². The summed E-state index contributed by atoms with van der Waals surface area (Å²) < 4.78 is 0. The quantitative estimate of drug-likeness (QED) is 0.803. The molecular formula is C19H29Cl2N3O. The van der Waals surface area contributed by atoms with Crippen molar-refractivity contribution in [2.24, 2.45) is 0 Å².